The molecule has 0 atom stereocenters. The van der Waals surface area contributed by atoms with Crippen LogP contribution < -0.4 is 5.32 Å². The molecule has 1 heterocycles. The molecule has 1 N–H and O–H groups in total. The number of hydrogen-bond acceptors (Lipinski definition) is 6. The highest BCUT2D eigenvalue weighted by molar-refractivity contribution is 5.91. The molecule has 0 saturated heterocycles. The molecule has 1 aromatic heterocycles. The number of amides is 1. The fraction of sp³-hybridized carbons (Fsp3) is 0.233. The van der Waals surface area contributed by atoms with Crippen LogP contribution in [-0.4, -0.2) is 30.4 Å². The number of rotatable bonds is 9. The lowest BCUT2D eigenvalue weighted by Gasteiger charge is -2.11. The zero-order valence-corrected chi connectivity index (χ0v) is 21.5. The van der Waals surface area contributed by atoms with Gasteiger partial charge in [-0.2, -0.15) is 0 Å². The van der Waals surface area contributed by atoms with Crippen molar-refractivity contribution in [3.05, 3.63) is 94.9 Å². The number of aryl methyl sites for hydroxylation is 2. The molecular weight excluding hydrogens is 487 g/mol. The van der Waals surface area contributed by atoms with Crippen molar-refractivity contribution in [1.82, 2.24) is 5.16 Å². The first kappa shape index (κ1) is 26.6. The number of esters is 1. The summed E-state index contributed by atoms with van der Waals surface area (Å²) in [6, 6.07) is 20.0. The molecule has 0 fully saturated rings. The Morgan fingerprint density at radius 3 is 2.42 bits per heavy atom. The first-order valence-electron chi connectivity index (χ1n) is 12.3. The number of nitrogens with zero attached hydrogens (tertiary/aromatic N) is 1. The number of carbonyl (C=O) groups is 2. The maximum Gasteiger partial charge on any atom is 0.411 e. The SMILES string of the molecule is CCOC(=O)Cc1ccc(-c2ccc(-c3onc(C)c3NC(=O)OCCc3ccccc3F)cc2C)cc1. The normalized spacial score (nSPS) is 10.7. The van der Waals surface area contributed by atoms with E-state index >= 15 is 0 Å². The van der Waals surface area contributed by atoms with E-state index in [4.69, 9.17) is 14.0 Å². The molecular formula is C30H29FN2O5. The Kier molecular flexibility index (Phi) is 8.53. The van der Waals surface area contributed by atoms with Gasteiger partial charge in [0.25, 0.3) is 0 Å². The highest BCUT2D eigenvalue weighted by Gasteiger charge is 2.19. The van der Waals surface area contributed by atoms with E-state index in [1.165, 1.54) is 6.07 Å². The average molecular weight is 517 g/mol. The van der Waals surface area contributed by atoms with Gasteiger partial charge >= 0.3 is 12.1 Å². The van der Waals surface area contributed by atoms with Crippen molar-refractivity contribution in [3.63, 3.8) is 0 Å². The van der Waals surface area contributed by atoms with Gasteiger partial charge in [-0.1, -0.05) is 59.8 Å². The van der Waals surface area contributed by atoms with Crippen molar-refractivity contribution in [2.24, 2.45) is 0 Å². The Morgan fingerprint density at radius 1 is 0.974 bits per heavy atom. The second-order valence-corrected chi connectivity index (χ2v) is 8.78. The third kappa shape index (κ3) is 6.45. The van der Waals surface area contributed by atoms with Crippen LogP contribution in [0.25, 0.3) is 22.5 Å². The van der Waals surface area contributed by atoms with Gasteiger partial charge in [0, 0.05) is 12.0 Å². The molecule has 3 aromatic carbocycles. The number of carbonyl (C=O) groups excluding carboxylic acids is 2. The van der Waals surface area contributed by atoms with Crippen molar-refractivity contribution in [2.45, 2.75) is 33.6 Å². The number of ether oxygens (including phenoxy) is 2. The Morgan fingerprint density at radius 2 is 1.71 bits per heavy atom. The summed E-state index contributed by atoms with van der Waals surface area (Å²) in [5, 5.41) is 6.72. The van der Waals surface area contributed by atoms with Crippen LogP contribution in [0.5, 0.6) is 0 Å². The third-order valence-corrected chi connectivity index (χ3v) is 6.06. The minimum atomic E-state index is -0.676. The van der Waals surface area contributed by atoms with Gasteiger partial charge in [0.15, 0.2) is 5.76 Å². The van der Waals surface area contributed by atoms with Gasteiger partial charge in [0.2, 0.25) is 0 Å². The van der Waals surface area contributed by atoms with Gasteiger partial charge in [0.05, 0.1) is 19.6 Å². The molecule has 0 bridgehead atoms. The Hall–Kier alpha value is -4.46. The molecule has 0 spiro atoms. The molecule has 4 aromatic rings. The number of anilines is 1. The highest BCUT2D eigenvalue weighted by atomic mass is 19.1. The maximum atomic E-state index is 13.8. The van der Waals surface area contributed by atoms with Crippen LogP contribution in [0.3, 0.4) is 0 Å². The quantitative estimate of drug-likeness (QED) is 0.250. The molecule has 38 heavy (non-hydrogen) atoms. The number of aromatic nitrogens is 1. The predicted molar refractivity (Wildman–Crippen MR) is 142 cm³/mol. The van der Waals surface area contributed by atoms with Crippen molar-refractivity contribution < 1.29 is 28.0 Å². The van der Waals surface area contributed by atoms with Crippen LogP contribution in [0.2, 0.25) is 0 Å². The standard InChI is InChI=1S/C30H29FN2O5/c1-4-36-27(34)18-21-9-11-22(12-10-21)25-14-13-24(17-19(25)2)29-28(20(3)33-38-29)32-30(35)37-16-15-23-7-5-6-8-26(23)31/h5-14,17H,4,15-16,18H2,1-3H3,(H,32,35). The molecule has 0 unspecified atom stereocenters. The summed E-state index contributed by atoms with van der Waals surface area (Å²) >= 11 is 0. The molecule has 4 rings (SSSR count). The molecule has 196 valence electrons. The summed E-state index contributed by atoms with van der Waals surface area (Å²) in [4.78, 5) is 24.2. The minimum absolute atomic E-state index is 0.0266. The monoisotopic (exact) mass is 516 g/mol. The molecule has 7 nitrogen and oxygen atoms in total. The molecule has 8 heteroatoms. The van der Waals surface area contributed by atoms with Crippen molar-refractivity contribution >= 4 is 17.7 Å². The molecule has 0 saturated carbocycles. The maximum absolute atomic E-state index is 13.8. The Balaban J connectivity index is 1.44. The van der Waals surface area contributed by atoms with E-state index < -0.39 is 6.09 Å². The lowest BCUT2D eigenvalue weighted by molar-refractivity contribution is -0.142. The van der Waals surface area contributed by atoms with Crippen molar-refractivity contribution in [1.29, 1.82) is 0 Å². The second-order valence-electron chi connectivity index (χ2n) is 8.78. The Labute approximate surface area is 220 Å². The minimum Gasteiger partial charge on any atom is -0.466 e. The van der Waals surface area contributed by atoms with E-state index in [9.17, 15) is 14.0 Å². The second kappa shape index (κ2) is 12.2. The largest absolute Gasteiger partial charge is 0.466 e. The molecule has 0 aliphatic heterocycles. The third-order valence-electron chi connectivity index (χ3n) is 6.06. The molecule has 0 aliphatic carbocycles. The Bertz CT molecular complexity index is 1430. The van der Waals surface area contributed by atoms with Gasteiger partial charge in [-0.05, 0) is 60.7 Å². The van der Waals surface area contributed by atoms with E-state index in [2.05, 4.69) is 10.5 Å². The summed E-state index contributed by atoms with van der Waals surface area (Å²) in [5.74, 6) is -0.172. The predicted octanol–water partition coefficient (Wildman–Crippen LogP) is 6.66. The number of halogens is 1. The van der Waals surface area contributed by atoms with Crippen LogP contribution in [0.15, 0.2) is 71.3 Å². The molecule has 0 radical (unpaired) electrons. The smallest absolute Gasteiger partial charge is 0.411 e. The van der Waals surface area contributed by atoms with E-state index in [-0.39, 0.29) is 31.2 Å². The van der Waals surface area contributed by atoms with Gasteiger partial charge < -0.3 is 14.0 Å². The van der Waals surface area contributed by atoms with Crippen LogP contribution >= 0.6 is 0 Å². The molecule has 0 aliphatic rings. The number of hydrogen-bond donors (Lipinski definition) is 1. The lowest BCUT2D eigenvalue weighted by Crippen LogP contribution is -2.16. The fourth-order valence-corrected chi connectivity index (χ4v) is 4.12. The van der Waals surface area contributed by atoms with E-state index in [0.29, 0.717) is 29.3 Å². The van der Waals surface area contributed by atoms with Crippen molar-refractivity contribution in [3.8, 4) is 22.5 Å². The summed E-state index contributed by atoms with van der Waals surface area (Å²) in [5.41, 5.74) is 6.05. The number of nitrogens with one attached hydrogen (secondary N) is 1. The first-order chi connectivity index (χ1) is 18.4. The van der Waals surface area contributed by atoms with E-state index in [1.54, 1.807) is 32.0 Å². The van der Waals surface area contributed by atoms with Gasteiger partial charge in [0.1, 0.15) is 17.2 Å². The topological polar surface area (TPSA) is 90.7 Å². The zero-order valence-electron chi connectivity index (χ0n) is 21.5. The van der Waals surface area contributed by atoms with Crippen molar-refractivity contribution in [2.75, 3.05) is 18.5 Å². The summed E-state index contributed by atoms with van der Waals surface area (Å²) in [6.07, 6.45) is -0.178. The van der Waals surface area contributed by atoms with E-state index in [1.807, 2.05) is 49.4 Å². The lowest BCUT2D eigenvalue weighted by atomic mass is 9.96. The molecule has 1 amide bonds. The summed E-state index contributed by atoms with van der Waals surface area (Å²) in [7, 11) is 0. The fourth-order valence-electron chi connectivity index (χ4n) is 4.12. The summed E-state index contributed by atoms with van der Waals surface area (Å²) < 4.78 is 29.6. The van der Waals surface area contributed by atoms with Gasteiger partial charge in [-0.15, -0.1) is 0 Å². The highest BCUT2D eigenvalue weighted by Crippen LogP contribution is 2.34. The van der Waals surface area contributed by atoms with E-state index in [0.717, 1.165) is 27.8 Å². The van der Waals surface area contributed by atoms with Crippen LogP contribution in [-0.2, 0) is 27.1 Å². The average Bonchev–Trinajstić information content (AvgIpc) is 3.25. The summed E-state index contributed by atoms with van der Waals surface area (Å²) in [6.45, 7) is 5.88. The van der Waals surface area contributed by atoms with Gasteiger partial charge in [-0.3, -0.25) is 10.1 Å². The number of benzene rings is 3. The zero-order chi connectivity index (χ0) is 27.1. The first-order valence-corrected chi connectivity index (χ1v) is 12.3. The van der Waals surface area contributed by atoms with Crippen LogP contribution in [0.1, 0.15) is 29.3 Å². The van der Waals surface area contributed by atoms with Crippen LogP contribution in [0, 0.1) is 19.7 Å². The van der Waals surface area contributed by atoms with Crippen LogP contribution in [0.4, 0.5) is 14.9 Å². The van der Waals surface area contributed by atoms with Gasteiger partial charge in [-0.25, -0.2) is 9.18 Å².